The van der Waals surface area contributed by atoms with Crippen LogP contribution < -0.4 is 5.73 Å². The number of carbonyl (C=O) groups excluding carboxylic acids is 2. The molecule has 4 saturated heterocycles. The number of hydrogen-bond donors (Lipinski definition) is 3. The first-order valence-corrected chi connectivity index (χ1v) is 62.7. The Bertz CT molecular complexity index is 5300. The van der Waals surface area contributed by atoms with Crippen molar-refractivity contribution in [2.75, 3.05) is 81.0 Å². The van der Waals surface area contributed by atoms with Gasteiger partial charge in [0.15, 0.2) is 23.1 Å². The highest BCUT2D eigenvalue weighted by Crippen LogP contribution is 2.82. The van der Waals surface area contributed by atoms with Crippen LogP contribution in [0.25, 0.3) is 10.4 Å². The third-order valence-electron chi connectivity index (χ3n) is 57.8. The predicted molar refractivity (Wildman–Crippen MR) is 594 cm³/mol. The van der Waals surface area contributed by atoms with E-state index in [1.807, 2.05) is 0 Å². The van der Waals surface area contributed by atoms with Crippen molar-refractivity contribution >= 4 is 11.6 Å². The first-order valence-electron chi connectivity index (χ1n) is 62.7. The molecule has 36 atom stereocenters. The van der Waals surface area contributed by atoms with Gasteiger partial charge in [0.2, 0.25) is 0 Å². The van der Waals surface area contributed by atoms with Crippen LogP contribution in [0.5, 0.6) is 0 Å². The van der Waals surface area contributed by atoms with Crippen LogP contribution >= 0.6 is 0 Å². The zero-order valence-electron chi connectivity index (χ0n) is 98.2. The average molecular weight is 2070 g/mol. The molecular weight excluding hydrogens is 1860 g/mol. The molecule has 0 aromatic carbocycles. The number of fused-ring (bicyclic) bond motifs is 34. The molecule has 22 fully saturated rings. The molecule has 0 aromatic rings. The number of carbonyl (C=O) groups is 2. The van der Waals surface area contributed by atoms with Crippen molar-refractivity contribution in [2.24, 2.45) is 179 Å². The summed E-state index contributed by atoms with van der Waals surface area (Å²) in [6.07, 6.45) is 71.0. The zero-order chi connectivity index (χ0) is 106. The first-order chi connectivity index (χ1) is 70.9. The molecule has 6 unspecified atom stereocenters. The number of nitrogens with zero attached hydrogens (tertiary/aromatic N) is 5. The summed E-state index contributed by atoms with van der Waals surface area (Å²) in [5.41, 5.74) is 29.2. The van der Waals surface area contributed by atoms with Gasteiger partial charge in [0.25, 0.3) is 0 Å². The summed E-state index contributed by atoms with van der Waals surface area (Å²) in [5.74, 6) is 8.84. The highest BCUT2D eigenvalue weighted by Gasteiger charge is 2.79. The number of ketones is 2. The third kappa shape index (κ3) is 15.1. The molecule has 4 spiro atoms. The van der Waals surface area contributed by atoms with E-state index in [4.69, 9.17) is 49.2 Å². The Kier molecular flexibility index (Phi) is 27.4. The number of aliphatic hydroxyl groups is 2. The second-order valence-electron chi connectivity index (χ2n) is 61.6. The topological polar surface area (TPSA) is 230 Å². The molecule has 0 bridgehead atoms. The van der Waals surface area contributed by atoms with Crippen LogP contribution in [0.2, 0.25) is 0 Å². The molecule has 18 saturated carbocycles. The van der Waals surface area contributed by atoms with E-state index in [0.29, 0.717) is 79.2 Å². The Labute approximate surface area is 906 Å². The van der Waals surface area contributed by atoms with Crippen LogP contribution in [0.15, 0.2) is 75.0 Å². The maximum Gasteiger partial charge on any atom is 0.174 e. The summed E-state index contributed by atoms with van der Waals surface area (Å²) >= 11 is 0. The summed E-state index contributed by atoms with van der Waals surface area (Å²) in [7, 11) is 8.98. The van der Waals surface area contributed by atoms with Gasteiger partial charge in [-0.25, -0.2) is 0 Å². The predicted octanol–water partition coefficient (Wildman–Crippen LogP) is 28.7. The number of azide groups is 1. The highest BCUT2D eigenvalue weighted by atomic mass is 16.8. The highest BCUT2D eigenvalue weighted by molar-refractivity contribution is 5.88. The smallest absolute Gasteiger partial charge is 0.174 e. The Balaban J connectivity index is 0.0000000987. The fourth-order valence-electron chi connectivity index (χ4n) is 46.2. The molecule has 28 rings (SSSR count). The van der Waals surface area contributed by atoms with Gasteiger partial charge in [-0.15, -0.1) is 0 Å². The average Bonchev–Trinajstić information content (AvgIpc) is 1.52. The van der Waals surface area contributed by atoms with E-state index in [-0.39, 0.29) is 101 Å². The van der Waals surface area contributed by atoms with Gasteiger partial charge in [0.1, 0.15) is 11.6 Å². The van der Waals surface area contributed by atoms with Crippen molar-refractivity contribution in [1.82, 2.24) is 9.80 Å². The molecule has 4 N–H and O–H groups in total. The minimum absolute atomic E-state index is 0.0449. The monoisotopic (exact) mass is 2070 g/mol. The molecule has 4 aliphatic heterocycles. The van der Waals surface area contributed by atoms with E-state index in [0.717, 1.165) is 247 Å². The van der Waals surface area contributed by atoms with Gasteiger partial charge in [-0.3, -0.25) is 9.59 Å². The molecular formula is C132H206N6O12. The minimum Gasteiger partial charge on any atom is -0.393 e. The van der Waals surface area contributed by atoms with Crippen LogP contribution in [-0.4, -0.2) is 172 Å². The van der Waals surface area contributed by atoms with E-state index in [1.54, 1.807) is 27.9 Å². The van der Waals surface area contributed by atoms with E-state index < -0.39 is 0 Å². The van der Waals surface area contributed by atoms with Gasteiger partial charge in [0, 0.05) is 100 Å². The van der Waals surface area contributed by atoms with Crippen molar-refractivity contribution in [1.29, 1.82) is 0 Å². The largest absolute Gasteiger partial charge is 0.393 e. The number of nitrogens with two attached hydrogens (primary N) is 1. The standard InChI is InChI=1S/C24H39NO2.C22H33N3O2.C22H35NO2.C22H35NO.C22H34O3.C20H30O2/c1-21-10-8-18(25(4)5)16-17(21)6-7-20-19(21)9-11-23(3)22(20,2)12-13-24(23)26-14-15-27-24;1-19-8-6-16(24-25-23)14-15(19)4-5-18-17(19)7-9-21(3)20(18,2)10-11-22(21)26-12-13-27-22;1-19-8-6-16(23)14-15(19)4-5-18-17(19)7-9-21(3)20(18,2)10-11-22(21)24-12-13-25-22;1-20-11-8-16(23(4)5)14-15(20)6-7-18-17(20)9-12-22(3)19(24)10-13-21(18,22)2;1-19-8-6-16(23)14-15(19)4-5-18-17(19)7-9-21(3)20(18,2)10-11-22(21)24-12-13-25-22;1-18-9-6-14(21)12-13(18)4-5-16-15(18)7-10-20(3)17(22)8-11-19(16,20)2/h6,18-20H,7-16H2,1-5H3;4,16-18H,5-14H2,1-3H3;4,16-18H,5-14,23H2,1-3H3;6,16-18H,7-14H2,1-5H3;4,16-18,23H,5-14H2,1-3H3;4,14-16,21H,5-12H2,1-3H3/t18-,19?,20+,21-,22-,23-;2*16-,17?,18+,19-,20-,21-;16-,17?,18+,20-,21-,22+;16-,17?,18-,19+,20+,21+;14-,15?,16-,18+,19+,20-/m000011/s1. The lowest BCUT2D eigenvalue weighted by atomic mass is 9.43. The van der Waals surface area contributed by atoms with Gasteiger partial charge in [-0.2, -0.15) is 0 Å². The number of Topliss-reactive ketones (excluding diaryl/α,β-unsaturated/α-hetero) is 2. The molecule has 0 radical (unpaired) electrons. The zero-order valence-corrected chi connectivity index (χ0v) is 98.2. The maximum atomic E-state index is 12.7. The van der Waals surface area contributed by atoms with Gasteiger partial charge in [0.05, 0.1) is 65.1 Å². The quantitative estimate of drug-likeness (QED) is 0.103. The molecule has 0 amide bonds. The van der Waals surface area contributed by atoms with E-state index in [2.05, 4.69) is 209 Å². The SMILES string of the molecule is CN(C)[C@H]1CC[C@@]2(C)C(=CC[C@@H]3C2CC[C@]2(C)C(=O)CC[C@@]32C)C1.CN(C)[C@H]1CC[C@@]2(C)C(=CC[C@@H]3C2CC[C@]2(C)C4(CC[C@@]32C)OCCO4)C1.C[C@]12CC[C@@H](O)CC1=CC[C@@H]1C2CC[C@]2(C)C(=O)CC[C@@]12C.C[C@]12CC[C@@H](O)CC1=CC[C@@H]1C2CC[C@]2(C)C3(CC[C@@]12C)OCCO3.C[C@]12CC[C@H](N)CC1=CC[C@@H]1C2CC[C@]2(C)C3(CC[C@@]12C)OCCO3.C[C@]12CC[C@H](N=[N+]=[N-])CC1=CC[C@@H]1C2CC[C@]2(C)C3(CC[C@@]12C)OCCO3. The molecule has 18 heteroatoms. The summed E-state index contributed by atoms with van der Waals surface area (Å²) < 4.78 is 50.5. The van der Waals surface area contributed by atoms with Crippen LogP contribution in [0, 0.1) is 168 Å². The second-order valence-corrected chi connectivity index (χ2v) is 61.6. The molecule has 24 aliphatic carbocycles. The Morgan fingerprint density at radius 1 is 0.287 bits per heavy atom. The first kappa shape index (κ1) is 109. The summed E-state index contributed by atoms with van der Waals surface area (Å²) in [6, 6.07) is 2.00. The second kappa shape index (κ2) is 37.6. The van der Waals surface area contributed by atoms with Crippen molar-refractivity contribution in [3.05, 3.63) is 80.3 Å². The minimum atomic E-state index is -0.337. The number of allylic oxidation sites excluding steroid dienone is 6. The lowest BCUT2D eigenvalue weighted by Gasteiger charge is -2.63. The van der Waals surface area contributed by atoms with Gasteiger partial charge >= 0.3 is 0 Å². The van der Waals surface area contributed by atoms with Crippen LogP contribution in [0.3, 0.4) is 0 Å². The summed E-state index contributed by atoms with van der Waals surface area (Å²) in [5, 5.41) is 24.3. The third-order valence-corrected chi connectivity index (χ3v) is 57.8. The van der Waals surface area contributed by atoms with Crippen molar-refractivity contribution in [3.8, 4) is 0 Å². The Hall–Kier alpha value is -3.43. The number of rotatable bonds is 3. The van der Waals surface area contributed by atoms with Crippen LogP contribution in [-0.2, 0) is 47.5 Å². The van der Waals surface area contributed by atoms with Crippen molar-refractivity contribution < 1.29 is 57.7 Å². The summed E-state index contributed by atoms with van der Waals surface area (Å²) in [4.78, 5) is 33.2. The molecule has 836 valence electrons. The van der Waals surface area contributed by atoms with Crippen LogP contribution in [0.1, 0.15) is 433 Å². The number of ether oxygens (including phenoxy) is 8. The normalized spacial score (nSPS) is 52.3. The number of aliphatic hydroxyl groups excluding tert-OH is 2. The van der Waals surface area contributed by atoms with Gasteiger partial charge < -0.3 is 63.6 Å². The van der Waals surface area contributed by atoms with Crippen molar-refractivity contribution in [2.45, 2.75) is 492 Å². The van der Waals surface area contributed by atoms with E-state index >= 15 is 0 Å². The molecule has 150 heavy (non-hydrogen) atoms. The summed E-state index contributed by atoms with van der Waals surface area (Å²) in [6.45, 7) is 50.9. The number of hydrogen-bond acceptors (Lipinski definition) is 16. The van der Waals surface area contributed by atoms with Gasteiger partial charge in [-0.1, -0.05) is 200 Å². The van der Waals surface area contributed by atoms with Crippen LogP contribution in [0.4, 0.5) is 0 Å². The molecule has 18 nitrogen and oxygen atoms in total. The van der Waals surface area contributed by atoms with E-state index in [1.165, 1.54) is 179 Å². The maximum absolute atomic E-state index is 12.7. The lowest BCUT2D eigenvalue weighted by molar-refractivity contribution is -0.260. The Morgan fingerprint density at radius 3 is 0.820 bits per heavy atom. The lowest BCUT2D eigenvalue weighted by Crippen LogP contribution is -2.59. The Morgan fingerprint density at radius 2 is 0.533 bits per heavy atom. The van der Waals surface area contributed by atoms with E-state index in [9.17, 15) is 19.8 Å². The molecule has 4 heterocycles. The fraction of sp³-hybridized carbons (Fsp3) is 0.894. The van der Waals surface area contributed by atoms with Crippen molar-refractivity contribution in [3.63, 3.8) is 0 Å². The fourth-order valence-corrected chi connectivity index (χ4v) is 46.2. The molecule has 0 aromatic heterocycles. The molecule has 28 aliphatic rings. The van der Waals surface area contributed by atoms with Gasteiger partial charge in [-0.05, 0) is 439 Å².